The van der Waals surface area contributed by atoms with Crippen molar-refractivity contribution in [2.75, 3.05) is 0 Å². The normalized spacial score (nSPS) is 10.6. The Bertz CT molecular complexity index is 2000. The van der Waals surface area contributed by atoms with E-state index in [1.165, 1.54) is 76.5 Å². The maximum absolute atomic E-state index is 2.28. The third-order valence-electron chi connectivity index (χ3n) is 7.95. The maximum atomic E-state index is 2.28. The van der Waals surface area contributed by atoms with Gasteiger partial charge < -0.3 is 0 Å². The molecule has 0 spiro atoms. The fourth-order valence-electron chi connectivity index (χ4n) is 6.16. The van der Waals surface area contributed by atoms with Crippen molar-refractivity contribution in [3.05, 3.63) is 157 Å². The van der Waals surface area contributed by atoms with Gasteiger partial charge in [-0.25, -0.2) is 0 Å². The van der Waals surface area contributed by atoms with Crippen LogP contribution in [0.2, 0.25) is 13.1 Å². The molecule has 2 radical (unpaired) electrons. The van der Waals surface area contributed by atoms with Crippen LogP contribution in [0, 0.1) is 13.8 Å². The topological polar surface area (TPSA) is 0 Å². The van der Waals surface area contributed by atoms with E-state index in [1.54, 1.807) is 0 Å². The summed E-state index contributed by atoms with van der Waals surface area (Å²) in [7, 11) is 1.08. The van der Waals surface area contributed by atoms with Crippen molar-refractivity contribution in [2.24, 2.45) is 0 Å². The van der Waals surface area contributed by atoms with E-state index in [4.69, 9.17) is 0 Å². The van der Waals surface area contributed by atoms with E-state index in [0.29, 0.717) is 0 Å². The minimum absolute atomic E-state index is 0. The van der Waals surface area contributed by atoms with Crippen molar-refractivity contribution >= 4 is 52.6 Å². The van der Waals surface area contributed by atoms with Crippen LogP contribution in [0.15, 0.2) is 146 Å². The molecule has 0 aliphatic heterocycles. The van der Waals surface area contributed by atoms with Crippen molar-refractivity contribution in [3.63, 3.8) is 0 Å². The van der Waals surface area contributed by atoms with E-state index in [0.717, 1.165) is 9.52 Å². The molecule has 0 aliphatic carbocycles. The summed E-state index contributed by atoms with van der Waals surface area (Å²) in [6.07, 6.45) is 0. The molecule has 0 aromatic heterocycles. The van der Waals surface area contributed by atoms with Gasteiger partial charge in [-0.3, -0.25) is 0 Å². The zero-order valence-corrected chi connectivity index (χ0v) is 28.4. The van der Waals surface area contributed by atoms with Gasteiger partial charge in [0.15, 0.2) is 0 Å². The van der Waals surface area contributed by atoms with Gasteiger partial charge in [-0.2, -0.15) is 12.1 Å². The van der Waals surface area contributed by atoms with Crippen molar-refractivity contribution in [3.8, 4) is 22.3 Å². The second-order valence-corrected chi connectivity index (χ2v) is 12.2. The Morgan fingerprint density at radius 2 is 0.727 bits per heavy atom. The minimum atomic E-state index is 0. The zero-order chi connectivity index (χ0) is 29.8. The molecule has 0 heterocycles. The molecule has 8 aromatic carbocycles. The van der Waals surface area contributed by atoms with Crippen LogP contribution in [0.1, 0.15) is 11.1 Å². The van der Waals surface area contributed by atoms with Crippen LogP contribution in [0.4, 0.5) is 0 Å². The van der Waals surface area contributed by atoms with E-state index in [1.807, 2.05) is 0 Å². The predicted octanol–water partition coefficient (Wildman–Crippen LogP) is 12.2. The van der Waals surface area contributed by atoms with Crippen LogP contribution < -0.4 is 0 Å². The van der Waals surface area contributed by atoms with Crippen molar-refractivity contribution in [1.82, 2.24) is 0 Å². The quantitative estimate of drug-likeness (QED) is 0.134. The van der Waals surface area contributed by atoms with Gasteiger partial charge in [0.05, 0.1) is 0 Å². The minimum Gasteiger partial charge on any atom is -0.165 e. The largest absolute Gasteiger partial charge is 2.00 e. The predicted molar refractivity (Wildman–Crippen MR) is 192 cm³/mol. The Morgan fingerprint density at radius 3 is 1.14 bits per heavy atom. The van der Waals surface area contributed by atoms with Crippen LogP contribution in [-0.4, -0.2) is 9.52 Å². The van der Waals surface area contributed by atoms with Gasteiger partial charge >= 0.3 is 21.7 Å². The number of hydrogen-bond acceptors (Lipinski definition) is 0. The first kappa shape index (κ1) is 31.4. The smallest absolute Gasteiger partial charge is 0.165 e. The summed E-state index contributed by atoms with van der Waals surface area (Å²) in [4.78, 5) is 0. The monoisotopic (exact) mass is 616 g/mol. The van der Waals surface area contributed by atoms with Gasteiger partial charge in [-0.15, -0.1) is 69.1 Å². The van der Waals surface area contributed by atoms with Crippen LogP contribution >= 0.6 is 0 Å². The molecule has 0 nitrogen and oxygen atoms in total. The van der Waals surface area contributed by atoms with E-state index < -0.39 is 0 Å². The van der Waals surface area contributed by atoms with Crippen molar-refractivity contribution in [2.45, 2.75) is 26.9 Å². The number of rotatable bonds is 2. The molecule has 44 heavy (non-hydrogen) atoms. The molecule has 0 bridgehead atoms. The molecular weight excluding hydrogens is 580 g/mol. The number of hydrogen-bond donors (Lipinski definition) is 0. The zero-order valence-electron chi connectivity index (χ0n) is 25.9. The summed E-state index contributed by atoms with van der Waals surface area (Å²) in [5.41, 5.74) is 7.94. The fraction of sp³-hybridized carbons (Fsp3) is 0.0952. The van der Waals surface area contributed by atoms with Crippen molar-refractivity contribution in [1.29, 1.82) is 0 Å². The molecule has 8 aromatic rings. The Morgan fingerprint density at radius 1 is 0.409 bits per heavy atom. The maximum Gasteiger partial charge on any atom is 2.00 e. The summed E-state index contributed by atoms with van der Waals surface area (Å²) in [6.45, 7) is 8.62. The summed E-state index contributed by atoms with van der Waals surface area (Å²) >= 11 is 0. The second kappa shape index (κ2) is 14.2. The van der Waals surface area contributed by atoms with E-state index in [-0.39, 0.29) is 21.7 Å². The Balaban J connectivity index is 0.000000157. The van der Waals surface area contributed by atoms with Crippen LogP contribution in [-0.2, 0) is 21.7 Å². The second-order valence-electron chi connectivity index (χ2n) is 11.2. The van der Waals surface area contributed by atoms with Gasteiger partial charge in [-0.05, 0) is 32.7 Å². The van der Waals surface area contributed by atoms with Gasteiger partial charge in [0.1, 0.15) is 0 Å². The molecule has 0 fully saturated rings. The van der Waals surface area contributed by atoms with Gasteiger partial charge in [0.25, 0.3) is 0 Å². The molecule has 0 amide bonds. The summed E-state index contributed by atoms with van der Waals surface area (Å²) in [6, 6.07) is 52.5. The first-order valence-electron chi connectivity index (χ1n) is 14.9. The van der Waals surface area contributed by atoms with Crippen LogP contribution in [0.25, 0.3) is 65.3 Å². The Hall–Kier alpha value is -4.01. The molecule has 212 valence electrons. The molecule has 0 saturated heterocycles. The molecule has 0 aliphatic rings. The first-order valence-corrected chi connectivity index (χ1v) is 16.9. The number of benzene rings is 6. The molecule has 0 saturated carbocycles. The molecule has 8 rings (SSSR count). The molecular formula is C42H36SiTi. The van der Waals surface area contributed by atoms with Crippen LogP contribution in [0.5, 0.6) is 0 Å². The summed E-state index contributed by atoms with van der Waals surface area (Å²) < 4.78 is 0. The average Bonchev–Trinajstić information content (AvgIpc) is 3.62. The van der Waals surface area contributed by atoms with Crippen LogP contribution in [0.3, 0.4) is 0 Å². The van der Waals surface area contributed by atoms with Gasteiger partial charge in [0, 0.05) is 9.52 Å². The summed E-state index contributed by atoms with van der Waals surface area (Å²) in [5, 5.41) is 10.6. The SMILES string of the molecule is C[Si]C.Cc1cc2c(-c3cccc4ccccc34)cccc2[cH-]1.Cc1cc2c(-c3cccc4ccccc34)cccc2[cH-]1.[Ti+2]. The third-order valence-corrected chi connectivity index (χ3v) is 7.95. The summed E-state index contributed by atoms with van der Waals surface area (Å²) in [5.74, 6) is 0. The molecule has 0 N–H and O–H groups in total. The standard InChI is InChI=1S/2C20H15.C2H6Si.Ti/c2*1-14-12-16-8-5-11-19(20(16)13-14)18-10-4-7-15-6-2-3-9-17(15)18;1-3-2;/h2*2-13H,1H3;1-2H3;/q2*-1;;+2. The first-order chi connectivity index (χ1) is 21.1. The molecule has 2 heteroatoms. The number of aryl methyl sites for hydroxylation is 2. The van der Waals surface area contributed by atoms with Gasteiger partial charge in [0.2, 0.25) is 0 Å². The number of fused-ring (bicyclic) bond motifs is 4. The van der Waals surface area contributed by atoms with Gasteiger partial charge in [-0.1, -0.05) is 135 Å². The van der Waals surface area contributed by atoms with E-state index >= 15 is 0 Å². The van der Waals surface area contributed by atoms with E-state index in [2.05, 4.69) is 173 Å². The Kier molecular flexibility index (Phi) is 10.1. The third kappa shape index (κ3) is 6.42. The molecule has 0 atom stereocenters. The van der Waals surface area contributed by atoms with E-state index in [9.17, 15) is 0 Å². The Labute approximate surface area is 278 Å². The fourth-order valence-corrected chi connectivity index (χ4v) is 6.16. The average molecular weight is 617 g/mol. The van der Waals surface area contributed by atoms with Crippen molar-refractivity contribution < 1.29 is 21.7 Å². The molecule has 0 unspecified atom stereocenters.